The zero-order valence-electron chi connectivity index (χ0n) is 11.2. The van der Waals surface area contributed by atoms with Crippen molar-refractivity contribution in [3.8, 4) is 5.69 Å². The summed E-state index contributed by atoms with van der Waals surface area (Å²) in [7, 11) is -4.01. The number of hydrogen-bond donors (Lipinski definition) is 2. The molecule has 7 nitrogen and oxygen atoms in total. The third-order valence-corrected chi connectivity index (χ3v) is 3.89. The van der Waals surface area contributed by atoms with Crippen LogP contribution in [0.15, 0.2) is 23.1 Å². The van der Waals surface area contributed by atoms with Crippen molar-refractivity contribution in [1.29, 1.82) is 0 Å². The predicted octanol–water partition coefficient (Wildman–Crippen LogP) is 0.974. The number of nitrogens with zero attached hydrogens (tertiary/aromatic N) is 2. The van der Waals surface area contributed by atoms with Gasteiger partial charge in [0.25, 0.3) is 0 Å². The first kappa shape index (κ1) is 15.1. The Morgan fingerprint density at radius 1 is 1.38 bits per heavy atom. The smallest absolute Gasteiger partial charge is 0.339 e. The number of hydrogen-bond acceptors (Lipinski definition) is 4. The molecule has 1 aromatic heterocycles. The molecule has 0 bridgehead atoms. The summed E-state index contributed by atoms with van der Waals surface area (Å²) in [6, 6.07) is 3.08. The zero-order valence-corrected chi connectivity index (χ0v) is 12.0. The van der Waals surface area contributed by atoms with E-state index in [0.717, 1.165) is 16.8 Å². The fraction of sp³-hybridized carbons (Fsp3) is 0.167. The standard InChI is InChI=1S/C12H12FN3O4S/c1-6-11(12(17)18)7(2)16(15-6)10-4-3-8(5-9(10)13)21(14,19)20/h3-5H,1-2H3,(H,17,18)(H2,14,19,20). The highest BCUT2D eigenvalue weighted by Crippen LogP contribution is 2.22. The Kier molecular flexibility index (Phi) is 3.56. The Labute approximate surface area is 119 Å². The molecule has 0 aliphatic heterocycles. The van der Waals surface area contributed by atoms with Crippen LogP contribution < -0.4 is 5.14 Å². The quantitative estimate of drug-likeness (QED) is 0.876. The molecule has 21 heavy (non-hydrogen) atoms. The summed E-state index contributed by atoms with van der Waals surface area (Å²) in [5.74, 6) is -2.04. The second-order valence-corrected chi connectivity index (χ2v) is 5.98. The number of carbonyl (C=O) groups is 1. The predicted molar refractivity (Wildman–Crippen MR) is 71.3 cm³/mol. The van der Waals surface area contributed by atoms with Crippen LogP contribution in [0.25, 0.3) is 5.69 Å². The summed E-state index contributed by atoms with van der Waals surface area (Å²) < 4.78 is 37.5. The monoisotopic (exact) mass is 313 g/mol. The molecule has 0 unspecified atom stereocenters. The highest BCUT2D eigenvalue weighted by Gasteiger charge is 2.21. The van der Waals surface area contributed by atoms with Crippen molar-refractivity contribution in [3.63, 3.8) is 0 Å². The molecule has 1 heterocycles. The van der Waals surface area contributed by atoms with Crippen LogP contribution in [0.5, 0.6) is 0 Å². The second-order valence-electron chi connectivity index (χ2n) is 4.42. The lowest BCUT2D eigenvalue weighted by Gasteiger charge is -2.07. The molecule has 2 rings (SSSR count). The number of rotatable bonds is 3. The Bertz CT molecular complexity index is 842. The number of benzene rings is 1. The van der Waals surface area contributed by atoms with Crippen molar-refractivity contribution < 1.29 is 22.7 Å². The molecule has 0 spiro atoms. The number of sulfonamides is 1. The molecular formula is C12H12FN3O4S. The fourth-order valence-corrected chi connectivity index (χ4v) is 2.55. The van der Waals surface area contributed by atoms with Gasteiger partial charge in [-0.05, 0) is 32.0 Å². The van der Waals surface area contributed by atoms with Crippen molar-refractivity contribution in [1.82, 2.24) is 9.78 Å². The van der Waals surface area contributed by atoms with Crippen molar-refractivity contribution in [2.45, 2.75) is 18.7 Å². The molecule has 9 heteroatoms. The van der Waals surface area contributed by atoms with Crippen LogP contribution in [0.2, 0.25) is 0 Å². The van der Waals surface area contributed by atoms with Crippen LogP contribution in [-0.2, 0) is 10.0 Å². The first-order valence-electron chi connectivity index (χ1n) is 5.75. The van der Waals surface area contributed by atoms with Crippen molar-refractivity contribution >= 4 is 16.0 Å². The van der Waals surface area contributed by atoms with E-state index in [4.69, 9.17) is 10.2 Å². The third kappa shape index (κ3) is 2.65. The lowest BCUT2D eigenvalue weighted by Crippen LogP contribution is -2.13. The van der Waals surface area contributed by atoms with Crippen LogP contribution in [-0.4, -0.2) is 29.3 Å². The van der Waals surface area contributed by atoms with E-state index in [2.05, 4.69) is 5.10 Å². The molecule has 0 radical (unpaired) electrons. The summed E-state index contributed by atoms with van der Waals surface area (Å²) >= 11 is 0. The van der Waals surface area contributed by atoms with Gasteiger partial charge in [-0.1, -0.05) is 0 Å². The molecule has 0 fully saturated rings. The number of aromatic nitrogens is 2. The summed E-state index contributed by atoms with van der Waals surface area (Å²) in [5.41, 5.74) is 0.387. The minimum absolute atomic E-state index is 0.0232. The first-order chi connectivity index (χ1) is 9.62. The molecule has 112 valence electrons. The topological polar surface area (TPSA) is 115 Å². The maximum absolute atomic E-state index is 14.1. The van der Waals surface area contributed by atoms with E-state index in [1.807, 2.05) is 0 Å². The van der Waals surface area contributed by atoms with Crippen LogP contribution in [0.3, 0.4) is 0 Å². The molecule has 2 aromatic rings. The van der Waals surface area contributed by atoms with E-state index in [9.17, 15) is 17.6 Å². The molecule has 0 saturated carbocycles. The Balaban J connectivity index is 2.64. The number of nitrogens with two attached hydrogens (primary N) is 1. The molecule has 0 saturated heterocycles. The summed E-state index contributed by atoms with van der Waals surface area (Å²) in [5, 5.41) is 18.0. The highest BCUT2D eigenvalue weighted by molar-refractivity contribution is 7.89. The van der Waals surface area contributed by atoms with Crippen molar-refractivity contribution in [2.24, 2.45) is 5.14 Å². The van der Waals surface area contributed by atoms with Gasteiger partial charge in [0, 0.05) is 0 Å². The number of aryl methyl sites for hydroxylation is 1. The van der Waals surface area contributed by atoms with Gasteiger partial charge in [-0.15, -0.1) is 0 Å². The highest BCUT2D eigenvalue weighted by atomic mass is 32.2. The number of carboxylic acids is 1. The van der Waals surface area contributed by atoms with Gasteiger partial charge in [-0.2, -0.15) is 5.10 Å². The third-order valence-electron chi connectivity index (χ3n) is 2.98. The van der Waals surface area contributed by atoms with E-state index in [0.29, 0.717) is 0 Å². The van der Waals surface area contributed by atoms with Crippen LogP contribution >= 0.6 is 0 Å². The lowest BCUT2D eigenvalue weighted by molar-refractivity contribution is 0.0695. The van der Waals surface area contributed by atoms with Gasteiger partial charge in [0.05, 0.1) is 16.3 Å². The van der Waals surface area contributed by atoms with Crippen molar-refractivity contribution in [3.05, 3.63) is 41.0 Å². The van der Waals surface area contributed by atoms with Crippen LogP contribution in [0.4, 0.5) is 4.39 Å². The average molecular weight is 313 g/mol. The van der Waals surface area contributed by atoms with Gasteiger partial charge in [-0.25, -0.2) is 27.4 Å². The summed E-state index contributed by atoms with van der Waals surface area (Å²) in [6.07, 6.45) is 0. The lowest BCUT2D eigenvalue weighted by atomic mass is 10.2. The molecule has 0 atom stereocenters. The maximum Gasteiger partial charge on any atom is 0.339 e. The minimum Gasteiger partial charge on any atom is -0.478 e. The average Bonchev–Trinajstić information content (AvgIpc) is 2.63. The van der Waals surface area contributed by atoms with E-state index in [1.54, 1.807) is 0 Å². The van der Waals surface area contributed by atoms with E-state index < -0.39 is 21.8 Å². The maximum atomic E-state index is 14.1. The van der Waals surface area contributed by atoms with Gasteiger partial charge in [0.1, 0.15) is 17.1 Å². The first-order valence-corrected chi connectivity index (χ1v) is 7.30. The zero-order chi connectivity index (χ0) is 15.9. The Morgan fingerprint density at radius 3 is 2.43 bits per heavy atom. The normalized spacial score (nSPS) is 11.6. The van der Waals surface area contributed by atoms with E-state index in [-0.39, 0.29) is 27.5 Å². The fourth-order valence-electron chi connectivity index (χ4n) is 2.02. The minimum atomic E-state index is -4.01. The molecule has 1 aromatic carbocycles. The van der Waals surface area contributed by atoms with Gasteiger partial charge in [0.2, 0.25) is 10.0 Å². The van der Waals surface area contributed by atoms with E-state index in [1.165, 1.54) is 19.9 Å². The van der Waals surface area contributed by atoms with Gasteiger partial charge >= 0.3 is 5.97 Å². The summed E-state index contributed by atoms with van der Waals surface area (Å²) in [6.45, 7) is 2.97. The molecule has 0 aliphatic carbocycles. The molecule has 0 aliphatic rings. The molecule has 3 N–H and O–H groups in total. The number of carboxylic acid groups (broad SMARTS) is 1. The second kappa shape index (κ2) is 4.93. The number of halogens is 1. The Morgan fingerprint density at radius 2 is 2.00 bits per heavy atom. The molecular weight excluding hydrogens is 301 g/mol. The number of primary sulfonamides is 1. The summed E-state index contributed by atoms with van der Waals surface area (Å²) in [4.78, 5) is 10.7. The van der Waals surface area contributed by atoms with Gasteiger partial charge < -0.3 is 5.11 Å². The van der Waals surface area contributed by atoms with Gasteiger partial charge in [0.15, 0.2) is 0 Å². The SMILES string of the molecule is Cc1nn(-c2ccc(S(N)(=O)=O)cc2F)c(C)c1C(=O)O. The van der Waals surface area contributed by atoms with Crippen LogP contribution in [0.1, 0.15) is 21.7 Å². The molecule has 0 amide bonds. The van der Waals surface area contributed by atoms with Crippen LogP contribution in [0, 0.1) is 19.7 Å². The van der Waals surface area contributed by atoms with E-state index >= 15 is 0 Å². The largest absolute Gasteiger partial charge is 0.478 e. The Hall–Kier alpha value is -2.26. The van der Waals surface area contributed by atoms with Gasteiger partial charge in [-0.3, -0.25) is 0 Å². The van der Waals surface area contributed by atoms with Crippen molar-refractivity contribution in [2.75, 3.05) is 0 Å². The number of aromatic carboxylic acids is 1.